The van der Waals surface area contributed by atoms with Gasteiger partial charge in [0.15, 0.2) is 5.78 Å². The van der Waals surface area contributed by atoms with Crippen molar-refractivity contribution in [1.82, 2.24) is 0 Å². The maximum Gasteiger partial charge on any atom is 0.163 e. The molecule has 0 saturated heterocycles. The van der Waals surface area contributed by atoms with Gasteiger partial charge in [-0.1, -0.05) is 6.92 Å². The third kappa shape index (κ3) is 2.93. The number of ketones is 1. The molecule has 0 aliphatic heterocycles. The zero-order valence-corrected chi connectivity index (χ0v) is 11.4. The molecule has 82 valence electrons. The SMILES string of the molecule is CCOc1cc(I)c(CC)cc1C(C)=O. The van der Waals surface area contributed by atoms with E-state index in [1.807, 2.05) is 19.1 Å². The highest BCUT2D eigenvalue weighted by Gasteiger charge is 2.11. The van der Waals surface area contributed by atoms with E-state index in [4.69, 9.17) is 4.74 Å². The summed E-state index contributed by atoms with van der Waals surface area (Å²) in [6.07, 6.45) is 0.935. The van der Waals surface area contributed by atoms with Crippen molar-refractivity contribution >= 4 is 28.4 Å². The van der Waals surface area contributed by atoms with Crippen LogP contribution in [0.5, 0.6) is 5.75 Å². The predicted octanol–water partition coefficient (Wildman–Crippen LogP) is 3.45. The van der Waals surface area contributed by atoms with Crippen LogP contribution in [0.2, 0.25) is 0 Å². The van der Waals surface area contributed by atoms with Gasteiger partial charge in [-0.3, -0.25) is 4.79 Å². The second kappa shape index (κ2) is 5.49. The number of carbonyl (C=O) groups excluding carboxylic acids is 1. The molecule has 0 aliphatic carbocycles. The van der Waals surface area contributed by atoms with Gasteiger partial charge in [-0.25, -0.2) is 0 Å². The van der Waals surface area contributed by atoms with Gasteiger partial charge in [0.1, 0.15) is 5.75 Å². The first-order valence-electron chi connectivity index (χ1n) is 5.06. The Balaban J connectivity index is 3.25. The molecule has 1 aromatic rings. The summed E-state index contributed by atoms with van der Waals surface area (Å²) in [7, 11) is 0. The zero-order valence-electron chi connectivity index (χ0n) is 9.26. The van der Waals surface area contributed by atoms with E-state index in [-0.39, 0.29) is 5.78 Å². The highest BCUT2D eigenvalue weighted by atomic mass is 127. The van der Waals surface area contributed by atoms with Crippen LogP contribution in [0.4, 0.5) is 0 Å². The molecule has 0 heterocycles. The maximum absolute atomic E-state index is 11.4. The number of hydrogen-bond donors (Lipinski definition) is 0. The molecule has 0 spiro atoms. The smallest absolute Gasteiger partial charge is 0.163 e. The van der Waals surface area contributed by atoms with E-state index in [0.29, 0.717) is 17.9 Å². The lowest BCUT2D eigenvalue weighted by Gasteiger charge is -2.11. The van der Waals surface area contributed by atoms with Crippen LogP contribution in [0.15, 0.2) is 12.1 Å². The number of Topliss-reactive ketones (excluding diaryl/α,β-unsaturated/α-hetero) is 1. The summed E-state index contributed by atoms with van der Waals surface area (Å²) in [5, 5.41) is 0. The first kappa shape index (κ1) is 12.5. The molecule has 1 rings (SSSR count). The van der Waals surface area contributed by atoms with Crippen LogP contribution in [0.1, 0.15) is 36.7 Å². The van der Waals surface area contributed by atoms with Crippen molar-refractivity contribution < 1.29 is 9.53 Å². The topological polar surface area (TPSA) is 26.3 Å². The lowest BCUT2D eigenvalue weighted by atomic mass is 10.1. The molecule has 0 saturated carbocycles. The lowest BCUT2D eigenvalue weighted by Crippen LogP contribution is -2.03. The molecule has 0 aliphatic rings. The minimum absolute atomic E-state index is 0.0598. The molecule has 0 fully saturated rings. The number of aryl methyl sites for hydroxylation is 1. The summed E-state index contributed by atoms with van der Waals surface area (Å²) in [6.45, 7) is 6.16. The molecule has 0 atom stereocenters. The second-order valence-electron chi connectivity index (χ2n) is 3.28. The highest BCUT2D eigenvalue weighted by Crippen LogP contribution is 2.26. The fourth-order valence-electron chi connectivity index (χ4n) is 1.42. The largest absolute Gasteiger partial charge is 0.493 e. The van der Waals surface area contributed by atoms with Crippen LogP contribution in [-0.2, 0) is 6.42 Å². The summed E-state index contributed by atoms with van der Waals surface area (Å²) < 4.78 is 6.61. The zero-order chi connectivity index (χ0) is 11.4. The van der Waals surface area contributed by atoms with E-state index in [9.17, 15) is 4.79 Å². The van der Waals surface area contributed by atoms with Gasteiger partial charge in [0.25, 0.3) is 0 Å². The van der Waals surface area contributed by atoms with Crippen LogP contribution in [0.3, 0.4) is 0 Å². The van der Waals surface area contributed by atoms with E-state index in [1.54, 1.807) is 6.92 Å². The summed E-state index contributed by atoms with van der Waals surface area (Å²) in [4.78, 5) is 11.4. The quantitative estimate of drug-likeness (QED) is 0.628. The minimum atomic E-state index is 0.0598. The predicted molar refractivity (Wildman–Crippen MR) is 69.7 cm³/mol. The van der Waals surface area contributed by atoms with Crippen molar-refractivity contribution in [3.8, 4) is 5.75 Å². The molecule has 0 bridgehead atoms. The van der Waals surface area contributed by atoms with Gasteiger partial charge in [0, 0.05) is 3.57 Å². The van der Waals surface area contributed by atoms with Gasteiger partial charge in [0.2, 0.25) is 0 Å². The number of carbonyl (C=O) groups is 1. The molecule has 0 radical (unpaired) electrons. The molecule has 3 heteroatoms. The molecule has 15 heavy (non-hydrogen) atoms. The Morgan fingerprint density at radius 3 is 2.53 bits per heavy atom. The van der Waals surface area contributed by atoms with Crippen molar-refractivity contribution in [2.75, 3.05) is 6.61 Å². The van der Waals surface area contributed by atoms with Crippen molar-refractivity contribution in [2.45, 2.75) is 27.2 Å². The number of halogens is 1. The molecule has 0 unspecified atom stereocenters. The van der Waals surface area contributed by atoms with Gasteiger partial charge in [-0.2, -0.15) is 0 Å². The lowest BCUT2D eigenvalue weighted by molar-refractivity contribution is 0.101. The summed E-state index contributed by atoms with van der Waals surface area (Å²) in [6, 6.07) is 3.88. The first-order valence-corrected chi connectivity index (χ1v) is 6.14. The fourth-order valence-corrected chi connectivity index (χ4v) is 2.24. The Labute approximate surface area is 104 Å². The summed E-state index contributed by atoms with van der Waals surface area (Å²) >= 11 is 2.27. The molecule has 2 nitrogen and oxygen atoms in total. The van der Waals surface area contributed by atoms with Gasteiger partial charge in [-0.15, -0.1) is 0 Å². The number of benzene rings is 1. The van der Waals surface area contributed by atoms with Crippen LogP contribution < -0.4 is 4.74 Å². The van der Waals surface area contributed by atoms with E-state index in [2.05, 4.69) is 29.5 Å². The van der Waals surface area contributed by atoms with Crippen LogP contribution in [0.25, 0.3) is 0 Å². The average molecular weight is 318 g/mol. The Hall–Kier alpha value is -0.580. The molecule has 0 amide bonds. The molecular weight excluding hydrogens is 303 g/mol. The normalized spacial score (nSPS) is 10.1. The molecule has 0 N–H and O–H groups in total. The number of hydrogen-bond acceptors (Lipinski definition) is 2. The first-order chi connectivity index (χ1) is 7.10. The van der Waals surface area contributed by atoms with Crippen LogP contribution in [0, 0.1) is 3.57 Å². The Morgan fingerprint density at radius 1 is 1.40 bits per heavy atom. The molecule has 1 aromatic carbocycles. The summed E-state index contributed by atoms with van der Waals surface area (Å²) in [5.41, 5.74) is 1.89. The van der Waals surface area contributed by atoms with E-state index >= 15 is 0 Å². The summed E-state index contributed by atoms with van der Waals surface area (Å²) in [5.74, 6) is 0.760. The van der Waals surface area contributed by atoms with Gasteiger partial charge < -0.3 is 4.74 Å². The number of rotatable bonds is 4. The molecule has 0 aromatic heterocycles. The Bertz CT molecular complexity index is 372. The minimum Gasteiger partial charge on any atom is -0.493 e. The second-order valence-corrected chi connectivity index (χ2v) is 4.44. The standard InChI is InChI=1S/C12H15IO2/c1-4-9-6-10(8(3)14)12(15-5-2)7-11(9)13/h6-7H,4-5H2,1-3H3. The van der Waals surface area contributed by atoms with Crippen LogP contribution >= 0.6 is 22.6 Å². The van der Waals surface area contributed by atoms with E-state index in [1.165, 1.54) is 5.56 Å². The van der Waals surface area contributed by atoms with Crippen molar-refractivity contribution in [3.05, 3.63) is 26.8 Å². The fraction of sp³-hybridized carbons (Fsp3) is 0.417. The Kier molecular flexibility index (Phi) is 4.57. The molecular formula is C12H15IO2. The van der Waals surface area contributed by atoms with E-state index in [0.717, 1.165) is 9.99 Å². The number of ether oxygens (including phenoxy) is 1. The Morgan fingerprint density at radius 2 is 2.07 bits per heavy atom. The van der Waals surface area contributed by atoms with E-state index < -0.39 is 0 Å². The van der Waals surface area contributed by atoms with Crippen molar-refractivity contribution in [2.24, 2.45) is 0 Å². The third-order valence-corrected chi connectivity index (χ3v) is 3.21. The van der Waals surface area contributed by atoms with Crippen molar-refractivity contribution in [1.29, 1.82) is 0 Å². The van der Waals surface area contributed by atoms with Gasteiger partial charge >= 0.3 is 0 Å². The van der Waals surface area contributed by atoms with Crippen LogP contribution in [-0.4, -0.2) is 12.4 Å². The maximum atomic E-state index is 11.4. The van der Waals surface area contributed by atoms with Crippen molar-refractivity contribution in [3.63, 3.8) is 0 Å². The monoisotopic (exact) mass is 318 g/mol. The third-order valence-electron chi connectivity index (χ3n) is 2.21. The van der Waals surface area contributed by atoms with Gasteiger partial charge in [-0.05, 0) is 60.6 Å². The average Bonchev–Trinajstić information content (AvgIpc) is 2.18. The van der Waals surface area contributed by atoms with Gasteiger partial charge in [0.05, 0.1) is 12.2 Å². The highest BCUT2D eigenvalue weighted by molar-refractivity contribution is 14.1.